The molecule has 2 aromatic carbocycles. The van der Waals surface area contributed by atoms with E-state index in [1.54, 1.807) is 54.0 Å². The van der Waals surface area contributed by atoms with Crippen LogP contribution in [0.5, 0.6) is 0 Å². The topological polar surface area (TPSA) is 47.0 Å². The van der Waals surface area contributed by atoms with E-state index in [0.29, 0.717) is 4.90 Å². The van der Waals surface area contributed by atoms with E-state index in [4.69, 9.17) is 0 Å². The number of fused-ring (bicyclic) bond motifs is 1. The molecule has 3 rings (SSSR count). The van der Waals surface area contributed by atoms with Crippen molar-refractivity contribution in [2.45, 2.75) is 9.79 Å². The maximum atomic E-state index is 12.4. The second-order valence-corrected chi connectivity index (χ2v) is 6.63. The first-order chi connectivity index (χ1) is 8.68. The van der Waals surface area contributed by atoms with Crippen molar-refractivity contribution in [2.75, 3.05) is 0 Å². The standard InChI is InChI=1S/C13H9NO2S2/c15-18(16,10-4-2-1-3-5-10)11-6-7-13-12(8-11)14-9-17-13/h1-9H. The van der Waals surface area contributed by atoms with Crippen LogP contribution in [-0.4, -0.2) is 13.4 Å². The van der Waals surface area contributed by atoms with E-state index in [1.807, 2.05) is 0 Å². The van der Waals surface area contributed by atoms with Crippen molar-refractivity contribution in [2.24, 2.45) is 0 Å². The lowest BCUT2D eigenvalue weighted by atomic mass is 10.3. The zero-order chi connectivity index (χ0) is 12.6. The molecule has 1 heterocycles. The van der Waals surface area contributed by atoms with Gasteiger partial charge in [-0.3, -0.25) is 0 Å². The van der Waals surface area contributed by atoms with Crippen LogP contribution in [0.3, 0.4) is 0 Å². The molecule has 0 aliphatic rings. The summed E-state index contributed by atoms with van der Waals surface area (Å²) in [5.74, 6) is 0. The summed E-state index contributed by atoms with van der Waals surface area (Å²) in [7, 11) is -3.44. The van der Waals surface area contributed by atoms with E-state index in [-0.39, 0.29) is 4.90 Å². The van der Waals surface area contributed by atoms with Gasteiger partial charge in [-0.25, -0.2) is 13.4 Å². The Morgan fingerprint density at radius 2 is 1.72 bits per heavy atom. The third-order valence-electron chi connectivity index (χ3n) is 2.67. The maximum Gasteiger partial charge on any atom is 0.206 e. The Kier molecular flexibility index (Phi) is 2.65. The van der Waals surface area contributed by atoms with Gasteiger partial charge in [0.25, 0.3) is 0 Å². The minimum Gasteiger partial charge on any atom is -0.245 e. The molecule has 1 aromatic heterocycles. The fraction of sp³-hybridized carbons (Fsp3) is 0. The van der Waals surface area contributed by atoms with Crippen LogP contribution in [0.15, 0.2) is 63.8 Å². The molecule has 0 N–H and O–H groups in total. The number of benzene rings is 2. The second-order valence-electron chi connectivity index (χ2n) is 3.80. The van der Waals surface area contributed by atoms with Gasteiger partial charge in [-0.2, -0.15) is 0 Å². The molecule has 0 unspecified atom stereocenters. The van der Waals surface area contributed by atoms with Crippen LogP contribution in [0.25, 0.3) is 10.2 Å². The molecule has 3 aromatic rings. The van der Waals surface area contributed by atoms with Gasteiger partial charge in [0.1, 0.15) is 0 Å². The number of hydrogen-bond acceptors (Lipinski definition) is 4. The Morgan fingerprint density at radius 3 is 2.50 bits per heavy atom. The summed E-state index contributed by atoms with van der Waals surface area (Å²) < 4.78 is 25.7. The van der Waals surface area contributed by atoms with Gasteiger partial charge in [0.15, 0.2) is 0 Å². The summed E-state index contributed by atoms with van der Waals surface area (Å²) in [5, 5.41) is 0. The molecule has 0 saturated carbocycles. The number of sulfone groups is 1. The Morgan fingerprint density at radius 1 is 0.944 bits per heavy atom. The minimum atomic E-state index is -3.44. The summed E-state index contributed by atoms with van der Waals surface area (Å²) in [4.78, 5) is 4.73. The lowest BCUT2D eigenvalue weighted by Gasteiger charge is -2.03. The summed E-state index contributed by atoms with van der Waals surface area (Å²) >= 11 is 1.50. The number of hydrogen-bond donors (Lipinski definition) is 0. The van der Waals surface area contributed by atoms with Crippen molar-refractivity contribution in [3.63, 3.8) is 0 Å². The molecule has 0 spiro atoms. The van der Waals surface area contributed by atoms with Crippen molar-refractivity contribution < 1.29 is 8.42 Å². The zero-order valence-electron chi connectivity index (χ0n) is 9.28. The summed E-state index contributed by atoms with van der Waals surface area (Å²) in [5.41, 5.74) is 2.43. The highest BCUT2D eigenvalue weighted by Crippen LogP contribution is 2.25. The molecule has 18 heavy (non-hydrogen) atoms. The monoisotopic (exact) mass is 275 g/mol. The molecule has 0 amide bonds. The van der Waals surface area contributed by atoms with E-state index < -0.39 is 9.84 Å². The average molecular weight is 275 g/mol. The van der Waals surface area contributed by atoms with Gasteiger partial charge < -0.3 is 0 Å². The van der Waals surface area contributed by atoms with E-state index in [2.05, 4.69) is 4.98 Å². The molecule has 0 atom stereocenters. The Hall–Kier alpha value is -1.72. The van der Waals surface area contributed by atoms with Crippen molar-refractivity contribution in [1.82, 2.24) is 4.98 Å². The molecule has 0 fully saturated rings. The summed E-state index contributed by atoms with van der Waals surface area (Å²) in [6.45, 7) is 0. The summed E-state index contributed by atoms with van der Waals surface area (Å²) in [6.07, 6.45) is 0. The molecule has 0 aliphatic carbocycles. The van der Waals surface area contributed by atoms with Crippen LogP contribution in [0.4, 0.5) is 0 Å². The van der Waals surface area contributed by atoms with E-state index in [9.17, 15) is 8.42 Å². The van der Waals surface area contributed by atoms with Gasteiger partial charge in [0.2, 0.25) is 9.84 Å². The SMILES string of the molecule is O=S(=O)(c1ccccc1)c1ccc2scnc2c1. The Labute approximate surface area is 109 Å². The molecular formula is C13H9NO2S2. The van der Waals surface area contributed by atoms with Crippen LogP contribution in [0.1, 0.15) is 0 Å². The highest BCUT2D eigenvalue weighted by atomic mass is 32.2. The quantitative estimate of drug-likeness (QED) is 0.722. The molecule has 3 nitrogen and oxygen atoms in total. The largest absolute Gasteiger partial charge is 0.245 e. The molecule has 0 saturated heterocycles. The van der Waals surface area contributed by atoms with Crippen molar-refractivity contribution >= 4 is 31.4 Å². The Bertz CT molecular complexity index is 792. The molecule has 0 bridgehead atoms. The molecule has 5 heteroatoms. The zero-order valence-corrected chi connectivity index (χ0v) is 10.9. The van der Waals surface area contributed by atoms with E-state index in [1.165, 1.54) is 11.3 Å². The first-order valence-electron chi connectivity index (χ1n) is 5.31. The first kappa shape index (κ1) is 11.4. The van der Waals surface area contributed by atoms with Crippen LogP contribution >= 0.6 is 11.3 Å². The van der Waals surface area contributed by atoms with Crippen LogP contribution in [-0.2, 0) is 9.84 Å². The third kappa shape index (κ3) is 1.81. The van der Waals surface area contributed by atoms with Crippen LogP contribution in [0.2, 0.25) is 0 Å². The third-order valence-corrected chi connectivity index (χ3v) is 5.24. The number of thiazole rings is 1. The second kappa shape index (κ2) is 4.19. The van der Waals surface area contributed by atoms with Crippen LogP contribution < -0.4 is 0 Å². The van der Waals surface area contributed by atoms with Gasteiger partial charge in [0.05, 0.1) is 25.5 Å². The molecule has 0 radical (unpaired) electrons. The average Bonchev–Trinajstić information content (AvgIpc) is 2.87. The fourth-order valence-electron chi connectivity index (χ4n) is 1.74. The van der Waals surface area contributed by atoms with Gasteiger partial charge >= 0.3 is 0 Å². The van der Waals surface area contributed by atoms with Gasteiger partial charge in [-0.1, -0.05) is 18.2 Å². The number of nitrogens with zero attached hydrogens (tertiary/aromatic N) is 1. The number of rotatable bonds is 2. The van der Waals surface area contributed by atoms with Crippen molar-refractivity contribution in [1.29, 1.82) is 0 Å². The van der Waals surface area contributed by atoms with Gasteiger partial charge in [-0.05, 0) is 30.3 Å². The highest BCUT2D eigenvalue weighted by molar-refractivity contribution is 7.91. The van der Waals surface area contributed by atoms with Crippen molar-refractivity contribution in [3.8, 4) is 0 Å². The van der Waals surface area contributed by atoms with E-state index >= 15 is 0 Å². The van der Waals surface area contributed by atoms with Gasteiger partial charge in [-0.15, -0.1) is 11.3 Å². The minimum absolute atomic E-state index is 0.284. The normalized spacial score (nSPS) is 11.8. The Balaban J connectivity index is 2.19. The lowest BCUT2D eigenvalue weighted by Crippen LogP contribution is -2.01. The van der Waals surface area contributed by atoms with Gasteiger partial charge in [0, 0.05) is 0 Å². The van der Waals surface area contributed by atoms with Crippen molar-refractivity contribution in [3.05, 3.63) is 54.0 Å². The molecule has 90 valence electrons. The lowest BCUT2D eigenvalue weighted by molar-refractivity contribution is 0.596. The maximum absolute atomic E-state index is 12.4. The fourth-order valence-corrected chi connectivity index (χ4v) is 3.70. The molecular weight excluding hydrogens is 266 g/mol. The highest BCUT2D eigenvalue weighted by Gasteiger charge is 2.17. The van der Waals surface area contributed by atoms with E-state index in [0.717, 1.165) is 10.2 Å². The first-order valence-corrected chi connectivity index (χ1v) is 7.67. The smallest absolute Gasteiger partial charge is 0.206 e. The number of aromatic nitrogens is 1. The summed E-state index contributed by atoms with van der Waals surface area (Å²) in [6, 6.07) is 13.5. The predicted octanol–water partition coefficient (Wildman–Crippen LogP) is 3.13. The molecule has 0 aliphatic heterocycles. The predicted molar refractivity (Wildman–Crippen MR) is 71.5 cm³/mol. The van der Waals surface area contributed by atoms with Crippen LogP contribution in [0, 0.1) is 0 Å².